The second-order valence-corrected chi connectivity index (χ2v) is 10.3. The maximum absolute atomic E-state index is 13.5. The summed E-state index contributed by atoms with van der Waals surface area (Å²) in [6, 6.07) is 17.7. The lowest BCUT2D eigenvalue weighted by molar-refractivity contribution is -0.119. The van der Waals surface area contributed by atoms with Gasteiger partial charge in [-0.1, -0.05) is 29.8 Å². The fraction of sp³-hybridized carbons (Fsp3) is 0.296. The van der Waals surface area contributed by atoms with Gasteiger partial charge in [0.2, 0.25) is 5.91 Å². The number of aryl methyl sites for hydroxylation is 3. The van der Waals surface area contributed by atoms with Crippen LogP contribution in [0.1, 0.15) is 22.3 Å². The van der Waals surface area contributed by atoms with E-state index < -0.39 is 10.0 Å². The number of carbonyl (C=O) groups is 1. The van der Waals surface area contributed by atoms with E-state index in [4.69, 9.17) is 9.47 Å². The molecular formula is C27H32N2O5S. The molecule has 0 saturated heterocycles. The van der Waals surface area contributed by atoms with Crippen LogP contribution in [0.15, 0.2) is 65.6 Å². The van der Waals surface area contributed by atoms with Crippen molar-refractivity contribution in [3.8, 4) is 11.5 Å². The van der Waals surface area contributed by atoms with Crippen molar-refractivity contribution in [3.63, 3.8) is 0 Å². The summed E-state index contributed by atoms with van der Waals surface area (Å²) < 4.78 is 38.8. The van der Waals surface area contributed by atoms with Gasteiger partial charge in [0.1, 0.15) is 6.54 Å². The second kappa shape index (κ2) is 11.3. The monoisotopic (exact) mass is 496 g/mol. The average molecular weight is 497 g/mol. The Morgan fingerprint density at radius 1 is 0.829 bits per heavy atom. The van der Waals surface area contributed by atoms with Crippen LogP contribution in [0.3, 0.4) is 0 Å². The maximum Gasteiger partial charge on any atom is 0.264 e. The first-order valence-electron chi connectivity index (χ1n) is 11.3. The van der Waals surface area contributed by atoms with Gasteiger partial charge in [0.25, 0.3) is 10.0 Å². The van der Waals surface area contributed by atoms with E-state index >= 15 is 0 Å². The molecule has 0 radical (unpaired) electrons. The van der Waals surface area contributed by atoms with Crippen molar-refractivity contribution in [2.75, 3.05) is 31.6 Å². The number of benzene rings is 3. The summed E-state index contributed by atoms with van der Waals surface area (Å²) in [7, 11) is -0.809. The molecular weight excluding hydrogens is 464 g/mol. The molecule has 0 fully saturated rings. The van der Waals surface area contributed by atoms with Gasteiger partial charge in [0.05, 0.1) is 24.8 Å². The van der Waals surface area contributed by atoms with E-state index in [0.717, 1.165) is 22.3 Å². The first-order chi connectivity index (χ1) is 16.6. The van der Waals surface area contributed by atoms with Crippen molar-refractivity contribution in [3.05, 3.63) is 82.9 Å². The largest absolute Gasteiger partial charge is 0.493 e. The number of nitrogens with one attached hydrogen (secondary N) is 1. The van der Waals surface area contributed by atoms with Crippen molar-refractivity contribution in [1.82, 2.24) is 5.32 Å². The van der Waals surface area contributed by atoms with Crippen LogP contribution >= 0.6 is 0 Å². The molecule has 0 aliphatic carbocycles. The van der Waals surface area contributed by atoms with Gasteiger partial charge >= 0.3 is 0 Å². The van der Waals surface area contributed by atoms with E-state index in [9.17, 15) is 13.2 Å². The van der Waals surface area contributed by atoms with Gasteiger partial charge in [0, 0.05) is 6.54 Å². The highest BCUT2D eigenvalue weighted by Gasteiger charge is 2.27. The fourth-order valence-electron chi connectivity index (χ4n) is 3.82. The van der Waals surface area contributed by atoms with Crippen molar-refractivity contribution < 1.29 is 22.7 Å². The molecule has 3 aromatic rings. The summed E-state index contributed by atoms with van der Waals surface area (Å²) in [6.07, 6.45) is 0.556. The highest BCUT2D eigenvalue weighted by Crippen LogP contribution is 2.28. The Morgan fingerprint density at radius 3 is 2.06 bits per heavy atom. The Labute approximate surface area is 207 Å². The maximum atomic E-state index is 13.5. The Kier molecular flexibility index (Phi) is 8.40. The standard InChI is InChI=1S/C27H32N2O5S/c1-19-6-9-24(10-7-19)35(31,32)29(23-15-20(2)14-21(3)16-23)18-27(30)28-13-12-22-8-11-25(33-4)26(17-22)34-5/h6-11,14-17H,12-13,18H2,1-5H3,(H,28,30). The third kappa shape index (κ3) is 6.54. The Hall–Kier alpha value is -3.52. The van der Waals surface area contributed by atoms with E-state index in [-0.39, 0.29) is 17.3 Å². The van der Waals surface area contributed by atoms with Gasteiger partial charge in [-0.3, -0.25) is 9.10 Å². The van der Waals surface area contributed by atoms with E-state index in [2.05, 4.69) is 5.32 Å². The minimum atomic E-state index is -3.95. The molecule has 0 aromatic heterocycles. The lowest BCUT2D eigenvalue weighted by atomic mass is 10.1. The molecule has 0 saturated carbocycles. The Bertz CT molecular complexity index is 1270. The lowest BCUT2D eigenvalue weighted by Crippen LogP contribution is -2.41. The Morgan fingerprint density at radius 2 is 1.46 bits per heavy atom. The molecule has 3 aromatic carbocycles. The zero-order chi connectivity index (χ0) is 25.6. The molecule has 0 heterocycles. The summed E-state index contributed by atoms with van der Waals surface area (Å²) >= 11 is 0. The van der Waals surface area contributed by atoms with Gasteiger partial charge in [-0.15, -0.1) is 0 Å². The average Bonchev–Trinajstić information content (AvgIpc) is 2.82. The Balaban J connectivity index is 1.78. The minimum absolute atomic E-state index is 0.139. The normalized spacial score (nSPS) is 11.1. The predicted octanol–water partition coefficient (Wildman–Crippen LogP) is 4.18. The van der Waals surface area contributed by atoms with Gasteiger partial charge in [-0.2, -0.15) is 0 Å². The molecule has 7 nitrogen and oxygen atoms in total. The summed E-state index contributed by atoms with van der Waals surface area (Å²) in [5.74, 6) is 0.854. The molecule has 3 rings (SSSR count). The minimum Gasteiger partial charge on any atom is -0.493 e. The van der Waals surface area contributed by atoms with Crippen LogP contribution in [0.25, 0.3) is 0 Å². The van der Waals surface area contributed by atoms with E-state index in [0.29, 0.717) is 30.2 Å². The predicted molar refractivity (Wildman–Crippen MR) is 138 cm³/mol. The molecule has 0 bridgehead atoms. The van der Waals surface area contributed by atoms with Crippen molar-refractivity contribution >= 4 is 21.6 Å². The molecule has 0 atom stereocenters. The third-order valence-corrected chi connectivity index (χ3v) is 7.36. The van der Waals surface area contributed by atoms with Crippen LogP contribution in [0.5, 0.6) is 11.5 Å². The van der Waals surface area contributed by atoms with Crippen LogP contribution in [0, 0.1) is 20.8 Å². The zero-order valence-corrected chi connectivity index (χ0v) is 21.6. The molecule has 8 heteroatoms. The second-order valence-electron chi connectivity index (χ2n) is 8.46. The van der Waals surface area contributed by atoms with Crippen LogP contribution in [0.4, 0.5) is 5.69 Å². The van der Waals surface area contributed by atoms with Gasteiger partial charge in [-0.25, -0.2) is 8.42 Å². The lowest BCUT2D eigenvalue weighted by Gasteiger charge is -2.25. The van der Waals surface area contributed by atoms with Crippen LogP contribution in [-0.2, 0) is 21.2 Å². The first kappa shape index (κ1) is 26.1. The summed E-state index contributed by atoms with van der Waals surface area (Å²) in [5.41, 5.74) is 4.20. The molecule has 186 valence electrons. The number of carbonyl (C=O) groups excluding carboxylic acids is 1. The quantitative estimate of drug-likeness (QED) is 0.455. The van der Waals surface area contributed by atoms with E-state index in [1.54, 1.807) is 50.6 Å². The molecule has 1 amide bonds. The number of rotatable bonds is 10. The first-order valence-corrected chi connectivity index (χ1v) is 12.7. The molecule has 0 unspecified atom stereocenters. The number of anilines is 1. The number of ether oxygens (including phenoxy) is 2. The van der Waals surface area contributed by atoms with E-state index in [1.165, 1.54) is 4.31 Å². The molecule has 0 aliphatic heterocycles. The molecule has 0 aliphatic rings. The zero-order valence-electron chi connectivity index (χ0n) is 20.8. The summed E-state index contributed by atoms with van der Waals surface area (Å²) in [5, 5.41) is 2.84. The van der Waals surface area contributed by atoms with Gasteiger partial charge < -0.3 is 14.8 Å². The van der Waals surface area contributed by atoms with Crippen LogP contribution in [-0.4, -0.2) is 41.6 Å². The van der Waals surface area contributed by atoms with Gasteiger partial charge in [0.15, 0.2) is 11.5 Å². The fourth-order valence-corrected chi connectivity index (χ4v) is 5.22. The molecule has 1 N–H and O–H groups in total. The molecule has 0 spiro atoms. The van der Waals surface area contributed by atoms with Crippen LogP contribution in [0.2, 0.25) is 0 Å². The van der Waals surface area contributed by atoms with Crippen molar-refractivity contribution in [2.24, 2.45) is 0 Å². The SMILES string of the molecule is COc1ccc(CCNC(=O)CN(c2cc(C)cc(C)c2)S(=O)(=O)c2ccc(C)cc2)cc1OC. The van der Waals surface area contributed by atoms with Crippen LogP contribution < -0.4 is 19.1 Å². The summed E-state index contributed by atoms with van der Waals surface area (Å²) in [4.78, 5) is 13.0. The topological polar surface area (TPSA) is 84.9 Å². The van der Waals surface area contributed by atoms with E-state index in [1.807, 2.05) is 45.0 Å². The van der Waals surface area contributed by atoms with Crippen molar-refractivity contribution in [2.45, 2.75) is 32.1 Å². The third-order valence-electron chi connectivity index (χ3n) is 5.57. The smallest absolute Gasteiger partial charge is 0.264 e. The highest BCUT2D eigenvalue weighted by molar-refractivity contribution is 7.92. The number of nitrogens with zero attached hydrogens (tertiary/aromatic N) is 1. The number of sulfonamides is 1. The number of methoxy groups -OCH3 is 2. The number of hydrogen-bond acceptors (Lipinski definition) is 5. The number of amides is 1. The molecule has 35 heavy (non-hydrogen) atoms. The summed E-state index contributed by atoms with van der Waals surface area (Å²) in [6.45, 7) is 5.71. The van der Waals surface area contributed by atoms with Gasteiger partial charge in [-0.05, 0) is 80.3 Å². The van der Waals surface area contributed by atoms with Crippen molar-refractivity contribution in [1.29, 1.82) is 0 Å². The number of hydrogen-bond donors (Lipinski definition) is 1. The highest BCUT2D eigenvalue weighted by atomic mass is 32.2.